The van der Waals surface area contributed by atoms with E-state index >= 15 is 0 Å². The fourth-order valence-electron chi connectivity index (χ4n) is 2.97. The molecule has 152 valence electrons. The molecule has 29 heavy (non-hydrogen) atoms. The van der Waals surface area contributed by atoms with Crippen LogP contribution in [0.5, 0.6) is 0 Å². The van der Waals surface area contributed by atoms with Crippen molar-refractivity contribution in [1.29, 1.82) is 0 Å². The van der Waals surface area contributed by atoms with Crippen LogP contribution in [0.2, 0.25) is 0 Å². The fourth-order valence-corrected chi connectivity index (χ4v) is 4.04. The maximum atomic E-state index is 12.5. The lowest BCUT2D eigenvalue weighted by Gasteiger charge is -2.24. The van der Waals surface area contributed by atoms with Crippen LogP contribution in [-0.4, -0.2) is 27.4 Å². The summed E-state index contributed by atoms with van der Waals surface area (Å²) >= 11 is 0. The van der Waals surface area contributed by atoms with Crippen LogP contribution >= 0.6 is 0 Å². The van der Waals surface area contributed by atoms with Gasteiger partial charge in [-0.05, 0) is 48.9 Å². The van der Waals surface area contributed by atoms with Crippen molar-refractivity contribution in [2.45, 2.75) is 25.2 Å². The second-order valence-corrected chi connectivity index (χ2v) is 8.54. The predicted molar refractivity (Wildman–Crippen MR) is 116 cm³/mol. The molecule has 2 N–H and O–H groups in total. The summed E-state index contributed by atoms with van der Waals surface area (Å²) in [6.45, 7) is 4.55. The molecule has 0 saturated carbocycles. The third kappa shape index (κ3) is 5.34. The summed E-state index contributed by atoms with van der Waals surface area (Å²) < 4.78 is 27.6. The lowest BCUT2D eigenvalue weighted by Crippen LogP contribution is -2.43. The number of nitrogens with zero attached hydrogens (tertiary/aromatic N) is 1. The van der Waals surface area contributed by atoms with E-state index < -0.39 is 10.0 Å². The molecule has 6 nitrogen and oxygen atoms in total. The first kappa shape index (κ1) is 20.8. The molecule has 1 amide bonds. The molecule has 0 aromatic heterocycles. The van der Waals surface area contributed by atoms with E-state index in [0.29, 0.717) is 6.54 Å². The lowest BCUT2D eigenvalue weighted by molar-refractivity contribution is -0.121. The number of anilines is 1. The van der Waals surface area contributed by atoms with Crippen molar-refractivity contribution >= 4 is 32.4 Å². The highest BCUT2D eigenvalue weighted by atomic mass is 32.2. The molecule has 0 aliphatic carbocycles. The first-order chi connectivity index (χ1) is 13.9. The summed E-state index contributed by atoms with van der Waals surface area (Å²) in [4.78, 5) is 12.4. The molecule has 0 aliphatic heterocycles. The van der Waals surface area contributed by atoms with E-state index in [1.54, 1.807) is 23.2 Å². The number of aryl methyl sites for hydroxylation is 1. The summed E-state index contributed by atoms with van der Waals surface area (Å²) in [5, 5.41) is 3.56. The topological polar surface area (TPSA) is 78.5 Å². The van der Waals surface area contributed by atoms with Gasteiger partial charge in [0.25, 0.3) is 0 Å². The number of carbonyl (C=O) groups is 1. The van der Waals surface area contributed by atoms with E-state index in [2.05, 4.69) is 10.1 Å². The van der Waals surface area contributed by atoms with Crippen LogP contribution < -0.4 is 15.2 Å². The van der Waals surface area contributed by atoms with E-state index in [1.807, 2.05) is 62.4 Å². The number of hydrazine groups is 1. The zero-order valence-corrected chi connectivity index (χ0v) is 17.4. The molecule has 0 spiro atoms. The molecule has 0 unspecified atom stereocenters. The Morgan fingerprint density at radius 2 is 1.66 bits per heavy atom. The van der Waals surface area contributed by atoms with E-state index in [9.17, 15) is 13.2 Å². The molecule has 0 heterocycles. The van der Waals surface area contributed by atoms with Gasteiger partial charge in [0.05, 0.1) is 10.6 Å². The maximum Gasteiger partial charge on any atom is 0.240 e. The number of benzene rings is 3. The van der Waals surface area contributed by atoms with Crippen molar-refractivity contribution in [3.63, 3.8) is 0 Å². The van der Waals surface area contributed by atoms with Crippen molar-refractivity contribution < 1.29 is 13.2 Å². The third-order valence-corrected chi connectivity index (χ3v) is 6.06. The Hall–Kier alpha value is -2.90. The third-order valence-electron chi connectivity index (χ3n) is 4.60. The Kier molecular flexibility index (Phi) is 6.51. The molecule has 0 atom stereocenters. The van der Waals surface area contributed by atoms with Gasteiger partial charge < -0.3 is 0 Å². The average molecular weight is 412 g/mol. The molecule has 3 aromatic carbocycles. The number of rotatable bonds is 8. The van der Waals surface area contributed by atoms with Crippen LogP contribution in [0, 0.1) is 6.92 Å². The molecule has 0 bridgehead atoms. The molecule has 3 rings (SSSR count). The number of nitrogens with one attached hydrogen (secondary N) is 2. The van der Waals surface area contributed by atoms with Crippen LogP contribution in [0.25, 0.3) is 10.8 Å². The minimum absolute atomic E-state index is 0.0203. The van der Waals surface area contributed by atoms with Crippen LogP contribution in [0.1, 0.15) is 18.9 Å². The smallest absolute Gasteiger partial charge is 0.240 e. The van der Waals surface area contributed by atoms with E-state index in [0.717, 1.165) is 22.0 Å². The van der Waals surface area contributed by atoms with Gasteiger partial charge in [0, 0.05) is 19.5 Å². The van der Waals surface area contributed by atoms with Gasteiger partial charge in [-0.25, -0.2) is 13.1 Å². The van der Waals surface area contributed by atoms with Crippen molar-refractivity contribution in [3.05, 3.63) is 72.3 Å². The van der Waals surface area contributed by atoms with Gasteiger partial charge in [-0.15, -0.1) is 0 Å². The number of hydrogen-bond donors (Lipinski definition) is 2. The van der Waals surface area contributed by atoms with Crippen molar-refractivity contribution in [2.75, 3.05) is 18.1 Å². The monoisotopic (exact) mass is 411 g/mol. The van der Waals surface area contributed by atoms with Crippen LogP contribution in [0.3, 0.4) is 0 Å². The zero-order chi connectivity index (χ0) is 20.9. The molecule has 0 aliphatic rings. The summed E-state index contributed by atoms with van der Waals surface area (Å²) in [6.07, 6.45) is 0.0369. The molecular weight excluding hydrogens is 386 g/mol. The molecule has 7 heteroatoms. The predicted octanol–water partition coefficient (Wildman–Crippen LogP) is 3.37. The van der Waals surface area contributed by atoms with Crippen molar-refractivity contribution in [3.8, 4) is 0 Å². The highest BCUT2D eigenvalue weighted by Gasteiger charge is 2.15. The van der Waals surface area contributed by atoms with E-state index in [1.165, 1.54) is 0 Å². The Labute approximate surface area is 171 Å². The van der Waals surface area contributed by atoms with Crippen molar-refractivity contribution in [2.24, 2.45) is 0 Å². The first-order valence-electron chi connectivity index (χ1n) is 9.51. The van der Waals surface area contributed by atoms with Gasteiger partial charge in [0.15, 0.2) is 0 Å². The van der Waals surface area contributed by atoms with Gasteiger partial charge >= 0.3 is 0 Å². The molecule has 3 aromatic rings. The summed E-state index contributed by atoms with van der Waals surface area (Å²) in [6, 6.07) is 20.4. The SMILES string of the molecule is CCN(NC(=O)CCNS(=O)(=O)c1ccc2ccccc2c1)c1ccc(C)cc1. The summed E-state index contributed by atoms with van der Waals surface area (Å²) in [7, 11) is -3.68. The Morgan fingerprint density at radius 3 is 2.34 bits per heavy atom. The van der Waals surface area contributed by atoms with Crippen LogP contribution in [0.15, 0.2) is 71.6 Å². The Balaban J connectivity index is 1.57. The van der Waals surface area contributed by atoms with Crippen LogP contribution in [0.4, 0.5) is 5.69 Å². The normalized spacial score (nSPS) is 11.4. The molecule has 0 saturated heterocycles. The number of sulfonamides is 1. The number of fused-ring (bicyclic) bond motifs is 1. The average Bonchev–Trinajstić information content (AvgIpc) is 2.72. The van der Waals surface area contributed by atoms with Gasteiger partial charge in [0.2, 0.25) is 15.9 Å². The Bertz CT molecular complexity index is 1100. The van der Waals surface area contributed by atoms with Gasteiger partial charge in [-0.1, -0.05) is 48.0 Å². The largest absolute Gasteiger partial charge is 0.286 e. The number of hydrogen-bond acceptors (Lipinski definition) is 4. The molecule has 0 fully saturated rings. The highest BCUT2D eigenvalue weighted by Crippen LogP contribution is 2.18. The van der Waals surface area contributed by atoms with Gasteiger partial charge in [0.1, 0.15) is 0 Å². The Morgan fingerprint density at radius 1 is 0.966 bits per heavy atom. The quantitative estimate of drug-likeness (QED) is 0.557. The summed E-state index contributed by atoms with van der Waals surface area (Å²) in [5.74, 6) is -0.256. The zero-order valence-electron chi connectivity index (χ0n) is 16.6. The standard InChI is InChI=1S/C22H25N3O3S/c1-3-25(20-11-8-17(2)9-12-20)24-22(26)14-15-23-29(27,28)21-13-10-18-6-4-5-7-19(18)16-21/h4-13,16,23H,3,14-15H2,1-2H3,(H,24,26). The van der Waals surface area contributed by atoms with Crippen LogP contribution in [-0.2, 0) is 14.8 Å². The molecular formula is C22H25N3O3S. The first-order valence-corrected chi connectivity index (χ1v) is 11.0. The fraction of sp³-hybridized carbons (Fsp3) is 0.227. The van der Waals surface area contributed by atoms with E-state index in [-0.39, 0.29) is 23.8 Å². The van der Waals surface area contributed by atoms with Gasteiger partial charge in [-0.3, -0.25) is 15.2 Å². The number of carbonyl (C=O) groups excluding carboxylic acids is 1. The summed E-state index contributed by atoms with van der Waals surface area (Å²) in [5.41, 5.74) is 4.83. The number of amides is 1. The second kappa shape index (κ2) is 9.07. The van der Waals surface area contributed by atoms with E-state index in [4.69, 9.17) is 0 Å². The highest BCUT2D eigenvalue weighted by molar-refractivity contribution is 7.89. The minimum atomic E-state index is -3.68. The molecule has 0 radical (unpaired) electrons. The maximum absolute atomic E-state index is 12.5. The van der Waals surface area contributed by atoms with Crippen molar-refractivity contribution in [1.82, 2.24) is 10.1 Å². The minimum Gasteiger partial charge on any atom is -0.286 e. The van der Waals surface area contributed by atoms with Gasteiger partial charge in [-0.2, -0.15) is 0 Å². The lowest BCUT2D eigenvalue weighted by atomic mass is 10.1. The second-order valence-electron chi connectivity index (χ2n) is 6.77.